The van der Waals surface area contributed by atoms with Crippen molar-refractivity contribution in [2.45, 2.75) is 14.7 Å². The summed E-state index contributed by atoms with van der Waals surface area (Å²) in [5.74, 6) is -70.5. The molecule has 23 heteroatoms. The Bertz CT molecular complexity index is 2610. The van der Waals surface area contributed by atoms with E-state index in [9.17, 15) is 52.7 Å². The van der Waals surface area contributed by atoms with E-state index in [4.69, 9.17) is 4.74 Å². The van der Waals surface area contributed by atoms with Crippen molar-refractivity contribution in [1.29, 1.82) is 0 Å². The van der Waals surface area contributed by atoms with Gasteiger partial charge in [-0.05, 0) is 36.4 Å². The van der Waals surface area contributed by atoms with E-state index in [1.165, 1.54) is 14.7 Å². The van der Waals surface area contributed by atoms with Gasteiger partial charge in [0.2, 0.25) is 0 Å². The van der Waals surface area contributed by atoms with Crippen molar-refractivity contribution in [3.63, 3.8) is 0 Å². The van der Waals surface area contributed by atoms with Gasteiger partial charge < -0.3 is 4.74 Å². The lowest BCUT2D eigenvalue weighted by atomic mass is 9.12. The number of hydrogen-bond donors (Lipinski definition) is 0. The Morgan fingerprint density at radius 3 is 0.758 bits per heavy atom. The molecule has 1 nitrogen and oxygen atoms in total. The molecule has 7 aromatic carbocycles. The molecule has 0 saturated heterocycles. The van der Waals surface area contributed by atoms with Crippen LogP contribution in [0.2, 0.25) is 0 Å². The van der Waals surface area contributed by atoms with Gasteiger partial charge in [0.1, 0.15) is 58.4 Å². The zero-order chi connectivity index (χ0) is 48.8. The highest BCUT2D eigenvalue weighted by atomic mass is 32.2. The summed E-state index contributed by atoms with van der Waals surface area (Å²) >= 11 is 0. The van der Waals surface area contributed by atoms with Gasteiger partial charge in [0, 0.05) is 6.07 Å². The van der Waals surface area contributed by atoms with E-state index < -0.39 is 144 Å². The van der Waals surface area contributed by atoms with Crippen molar-refractivity contribution >= 4 is 38.9 Å². The summed E-state index contributed by atoms with van der Waals surface area (Å²) in [6.45, 7) is 0. The normalized spacial score (nSPS) is 11.5. The molecule has 0 aromatic heterocycles. The van der Waals surface area contributed by atoms with E-state index in [-0.39, 0.29) is 10.9 Å². The first-order valence-electron chi connectivity index (χ1n) is 17.8. The third-order valence-corrected chi connectivity index (χ3v) is 12.2. The van der Waals surface area contributed by atoms with Gasteiger partial charge in [-0.25, -0.2) is 87.8 Å². The highest BCUT2D eigenvalue weighted by Crippen LogP contribution is 2.34. The quantitative estimate of drug-likeness (QED) is 0.0485. The Labute approximate surface area is 359 Å². The summed E-state index contributed by atoms with van der Waals surface area (Å²) in [6, 6.07) is 29.6. The lowest BCUT2D eigenvalue weighted by molar-refractivity contribution is 0.378. The van der Waals surface area contributed by atoms with Gasteiger partial charge in [-0.1, -0.05) is 42.5 Å². The molecule has 0 heterocycles. The Kier molecular flexibility index (Phi) is 13.8. The molecule has 344 valence electrons. The Hall–Kier alpha value is -6.65. The van der Waals surface area contributed by atoms with Crippen LogP contribution in [-0.4, -0.2) is 13.3 Å². The van der Waals surface area contributed by atoms with Crippen LogP contribution < -0.4 is 26.6 Å². The van der Waals surface area contributed by atoms with E-state index in [0.717, 1.165) is 5.75 Å². The summed E-state index contributed by atoms with van der Waals surface area (Å²) in [6.07, 6.45) is -7.22. The molecule has 0 spiro atoms. The molecule has 0 bridgehead atoms. The van der Waals surface area contributed by atoms with Crippen LogP contribution in [-0.2, 0) is 10.9 Å². The number of rotatable bonds is 8. The summed E-state index contributed by atoms with van der Waals surface area (Å²) in [4.78, 5) is 3.90. The van der Waals surface area contributed by atoms with Crippen molar-refractivity contribution in [3.05, 3.63) is 201 Å². The summed E-state index contributed by atoms with van der Waals surface area (Å²) < 4.78 is 299. The highest BCUT2D eigenvalue weighted by molar-refractivity contribution is 7.97. The molecule has 0 aliphatic heterocycles. The number of hydrogen-bond acceptors (Lipinski definition) is 1. The first-order chi connectivity index (χ1) is 31.1. The van der Waals surface area contributed by atoms with Crippen LogP contribution in [0.3, 0.4) is 0 Å². The predicted molar refractivity (Wildman–Crippen MR) is 197 cm³/mol. The molecule has 0 aliphatic carbocycles. The van der Waals surface area contributed by atoms with Crippen LogP contribution in [0, 0.1) is 116 Å². The molecule has 7 aromatic rings. The maximum absolute atomic E-state index is 15.4. The first kappa shape index (κ1) is 48.8. The van der Waals surface area contributed by atoms with Gasteiger partial charge in [-0.3, -0.25) is 0 Å². The standard InChI is InChI=1S/C24BF20.C19H17OS/c26-5-1(6(27)14(35)21(42)13(5)34)25(2-7(28)15(36)22(43)16(37)8(2)29,3-9(30)17(38)23(44)18(39)10(3)31)4-11(32)19(40)24(45)20(41)12(4)33;1-20-16-9-8-14-19(15-16)21(17-10-4-2-5-11-17)18-12-6-3-7-13-18/h;2-15H,1H3/q-1;+1. The largest absolute Gasteiger partial charge is 0.497 e. The fourth-order valence-corrected chi connectivity index (χ4v) is 9.25. The van der Waals surface area contributed by atoms with Crippen LogP contribution in [0.25, 0.3) is 0 Å². The second kappa shape index (κ2) is 18.7. The average Bonchev–Trinajstić information content (AvgIpc) is 3.32. The fraction of sp³-hybridized carbons (Fsp3) is 0.0233. The van der Waals surface area contributed by atoms with Crippen molar-refractivity contribution in [2.75, 3.05) is 7.11 Å². The van der Waals surface area contributed by atoms with E-state index in [2.05, 4.69) is 78.9 Å². The van der Waals surface area contributed by atoms with Crippen LogP contribution in [0.1, 0.15) is 0 Å². The summed E-state index contributed by atoms with van der Waals surface area (Å²) in [7, 11) is 1.60. The molecular formula is C43H17BF20OS. The monoisotopic (exact) mass is 972 g/mol. The molecule has 0 N–H and O–H groups in total. The number of methoxy groups -OCH3 is 1. The molecule has 0 radical (unpaired) electrons. The summed E-state index contributed by atoms with van der Waals surface area (Å²) in [5, 5.41) is 0. The topological polar surface area (TPSA) is 9.23 Å². The molecule has 7 rings (SSSR count). The fourth-order valence-electron chi connectivity index (χ4n) is 7.12. The lowest BCUT2D eigenvalue weighted by Gasteiger charge is -2.44. The molecule has 66 heavy (non-hydrogen) atoms. The minimum absolute atomic E-state index is 0.107. The molecule has 0 saturated carbocycles. The molecular weight excluding hydrogens is 955 g/mol. The zero-order valence-electron chi connectivity index (χ0n) is 32.0. The maximum atomic E-state index is 15.4. The minimum atomic E-state index is -7.22. The summed E-state index contributed by atoms with van der Waals surface area (Å²) in [5.41, 5.74) is -14.3. The molecule has 0 atom stereocenters. The first-order valence-corrected chi connectivity index (χ1v) is 19.0. The van der Waals surface area contributed by atoms with Crippen LogP contribution in [0.15, 0.2) is 99.6 Å². The average molecular weight is 972 g/mol. The third-order valence-electron chi connectivity index (χ3n) is 9.94. The third kappa shape index (κ3) is 7.75. The Balaban J connectivity index is 0.000000284. The lowest BCUT2D eigenvalue weighted by Crippen LogP contribution is -2.81. The van der Waals surface area contributed by atoms with E-state index in [1.54, 1.807) is 7.11 Å². The SMILES string of the molecule is COc1cccc([S+](c2ccccc2)c2ccccc2)c1.Fc1c(F)c(F)c([B-](c2c(F)c(F)c(F)c(F)c2F)(c2c(F)c(F)c(F)c(F)c2F)c2c(F)c(F)c(F)c(F)c2F)c(F)c1F. The second-order valence-corrected chi connectivity index (χ2v) is 15.4. The number of ether oxygens (including phenoxy) is 1. The van der Waals surface area contributed by atoms with E-state index >= 15 is 35.1 Å². The smallest absolute Gasteiger partial charge is 0.200 e. The molecule has 0 amide bonds. The van der Waals surface area contributed by atoms with Crippen molar-refractivity contribution in [1.82, 2.24) is 0 Å². The molecule has 0 unspecified atom stereocenters. The molecule has 0 aliphatic rings. The van der Waals surface area contributed by atoms with Gasteiger partial charge in [0.05, 0.1) is 18.0 Å². The number of benzene rings is 7. The highest BCUT2D eigenvalue weighted by Gasteiger charge is 2.52. The zero-order valence-corrected chi connectivity index (χ0v) is 32.9. The van der Waals surface area contributed by atoms with Gasteiger partial charge in [-0.2, -0.15) is 0 Å². The Morgan fingerprint density at radius 1 is 0.288 bits per heavy atom. The number of halogens is 20. The van der Waals surface area contributed by atoms with Gasteiger partial charge in [-0.15, -0.1) is 21.9 Å². The van der Waals surface area contributed by atoms with Gasteiger partial charge in [0.25, 0.3) is 0 Å². The van der Waals surface area contributed by atoms with E-state index in [0.29, 0.717) is 0 Å². The second-order valence-electron chi connectivity index (χ2n) is 13.4. The van der Waals surface area contributed by atoms with Crippen molar-refractivity contribution in [3.8, 4) is 5.75 Å². The van der Waals surface area contributed by atoms with E-state index in [1.807, 2.05) is 6.07 Å². The maximum Gasteiger partial charge on any atom is 0.200 e. The van der Waals surface area contributed by atoms with Crippen LogP contribution in [0.5, 0.6) is 5.75 Å². The van der Waals surface area contributed by atoms with Crippen molar-refractivity contribution < 1.29 is 92.5 Å². The van der Waals surface area contributed by atoms with Gasteiger partial charge in [0.15, 0.2) is 84.5 Å². The van der Waals surface area contributed by atoms with Crippen LogP contribution >= 0.6 is 0 Å². The Morgan fingerprint density at radius 2 is 0.515 bits per heavy atom. The van der Waals surface area contributed by atoms with Gasteiger partial charge >= 0.3 is 0 Å². The molecule has 0 fully saturated rings. The minimum Gasteiger partial charge on any atom is -0.497 e. The van der Waals surface area contributed by atoms with Crippen molar-refractivity contribution in [2.24, 2.45) is 0 Å². The van der Waals surface area contributed by atoms with Crippen LogP contribution in [0.4, 0.5) is 87.8 Å². The predicted octanol–water partition coefficient (Wildman–Crippen LogP) is 10.6.